The zero-order valence-electron chi connectivity index (χ0n) is 9.42. The second kappa shape index (κ2) is 3.91. The molecule has 0 fully saturated rings. The standard InChI is InChI=1S/C12H19NO/c1-5-14-10-8-6-7-9(13)11(10)12(2,3)4/h6-8H,5,13H2,1-4H3. The largest absolute Gasteiger partial charge is 0.493 e. The van der Waals surface area contributed by atoms with Gasteiger partial charge in [0.15, 0.2) is 0 Å². The molecule has 0 aliphatic rings. The SMILES string of the molecule is CCOc1cccc(N)c1C(C)(C)C. The van der Waals surface area contributed by atoms with Crippen molar-refractivity contribution in [3.63, 3.8) is 0 Å². The maximum absolute atomic E-state index is 5.96. The van der Waals surface area contributed by atoms with Gasteiger partial charge in [0.05, 0.1) is 6.61 Å². The summed E-state index contributed by atoms with van der Waals surface area (Å²) in [7, 11) is 0. The average Bonchev–Trinajstić information content (AvgIpc) is 2.02. The Labute approximate surface area is 86.1 Å². The number of benzene rings is 1. The maximum atomic E-state index is 5.96. The van der Waals surface area contributed by atoms with E-state index in [1.807, 2.05) is 25.1 Å². The Balaban J connectivity index is 3.22. The number of nitrogens with two attached hydrogens (primary N) is 1. The predicted octanol–water partition coefficient (Wildman–Crippen LogP) is 2.97. The molecule has 2 heteroatoms. The number of ether oxygens (including phenoxy) is 1. The van der Waals surface area contributed by atoms with E-state index in [-0.39, 0.29) is 5.41 Å². The van der Waals surface area contributed by atoms with Crippen LogP contribution in [0.5, 0.6) is 5.75 Å². The summed E-state index contributed by atoms with van der Waals surface area (Å²) in [5.74, 6) is 0.903. The lowest BCUT2D eigenvalue weighted by molar-refractivity contribution is 0.330. The highest BCUT2D eigenvalue weighted by molar-refractivity contribution is 5.57. The van der Waals surface area contributed by atoms with Crippen molar-refractivity contribution < 1.29 is 4.74 Å². The summed E-state index contributed by atoms with van der Waals surface area (Å²) >= 11 is 0. The van der Waals surface area contributed by atoms with Crippen LogP contribution in [0.15, 0.2) is 18.2 Å². The van der Waals surface area contributed by atoms with Crippen molar-refractivity contribution >= 4 is 5.69 Å². The van der Waals surface area contributed by atoms with E-state index in [1.165, 1.54) is 0 Å². The van der Waals surface area contributed by atoms with Gasteiger partial charge in [0.2, 0.25) is 0 Å². The van der Waals surface area contributed by atoms with Crippen LogP contribution >= 0.6 is 0 Å². The molecular weight excluding hydrogens is 174 g/mol. The van der Waals surface area contributed by atoms with Crippen molar-refractivity contribution in [3.8, 4) is 5.75 Å². The van der Waals surface area contributed by atoms with E-state index in [4.69, 9.17) is 10.5 Å². The van der Waals surface area contributed by atoms with Gasteiger partial charge in [-0.25, -0.2) is 0 Å². The van der Waals surface area contributed by atoms with E-state index >= 15 is 0 Å². The van der Waals surface area contributed by atoms with Gasteiger partial charge in [-0.3, -0.25) is 0 Å². The Morgan fingerprint density at radius 1 is 1.29 bits per heavy atom. The third kappa shape index (κ3) is 2.19. The van der Waals surface area contributed by atoms with Gasteiger partial charge in [-0.05, 0) is 24.5 Å². The van der Waals surface area contributed by atoms with Crippen molar-refractivity contribution in [2.45, 2.75) is 33.1 Å². The fourth-order valence-electron chi connectivity index (χ4n) is 1.63. The Morgan fingerprint density at radius 2 is 1.93 bits per heavy atom. The minimum absolute atomic E-state index is 0.0237. The fourth-order valence-corrected chi connectivity index (χ4v) is 1.63. The van der Waals surface area contributed by atoms with E-state index in [0.717, 1.165) is 17.0 Å². The third-order valence-electron chi connectivity index (χ3n) is 2.11. The molecule has 0 aromatic heterocycles. The molecule has 2 nitrogen and oxygen atoms in total. The summed E-state index contributed by atoms with van der Waals surface area (Å²) in [6, 6.07) is 5.82. The van der Waals surface area contributed by atoms with Crippen LogP contribution < -0.4 is 10.5 Å². The van der Waals surface area contributed by atoms with E-state index < -0.39 is 0 Å². The first-order chi connectivity index (χ1) is 6.46. The van der Waals surface area contributed by atoms with Crippen molar-refractivity contribution in [2.24, 2.45) is 0 Å². The van der Waals surface area contributed by atoms with Crippen LogP contribution in [0.4, 0.5) is 5.69 Å². The molecule has 0 amide bonds. The highest BCUT2D eigenvalue weighted by atomic mass is 16.5. The van der Waals surface area contributed by atoms with Gasteiger partial charge in [0, 0.05) is 11.3 Å². The molecule has 0 heterocycles. The van der Waals surface area contributed by atoms with Gasteiger partial charge in [-0.15, -0.1) is 0 Å². The zero-order chi connectivity index (χ0) is 10.8. The number of rotatable bonds is 2. The summed E-state index contributed by atoms with van der Waals surface area (Å²) in [4.78, 5) is 0. The molecule has 0 radical (unpaired) electrons. The van der Waals surface area contributed by atoms with E-state index in [1.54, 1.807) is 0 Å². The topological polar surface area (TPSA) is 35.2 Å². The molecule has 0 aliphatic heterocycles. The summed E-state index contributed by atoms with van der Waals surface area (Å²) < 4.78 is 5.56. The van der Waals surface area contributed by atoms with E-state index in [9.17, 15) is 0 Å². The van der Waals surface area contributed by atoms with Crippen molar-refractivity contribution in [1.29, 1.82) is 0 Å². The van der Waals surface area contributed by atoms with Crippen molar-refractivity contribution in [2.75, 3.05) is 12.3 Å². The van der Waals surface area contributed by atoms with E-state index in [2.05, 4.69) is 20.8 Å². The van der Waals surface area contributed by atoms with Gasteiger partial charge in [-0.2, -0.15) is 0 Å². The lowest BCUT2D eigenvalue weighted by Gasteiger charge is -2.24. The Hall–Kier alpha value is -1.18. The summed E-state index contributed by atoms with van der Waals surface area (Å²) in [5.41, 5.74) is 7.89. The zero-order valence-corrected chi connectivity index (χ0v) is 9.42. The predicted molar refractivity (Wildman–Crippen MR) is 60.7 cm³/mol. The molecular formula is C12H19NO. The van der Waals surface area contributed by atoms with Crippen LogP contribution in [0.25, 0.3) is 0 Å². The van der Waals surface area contributed by atoms with Crippen LogP contribution in [-0.2, 0) is 5.41 Å². The minimum Gasteiger partial charge on any atom is -0.493 e. The summed E-state index contributed by atoms with van der Waals surface area (Å²) in [5, 5.41) is 0. The van der Waals surface area contributed by atoms with Crippen LogP contribution in [-0.4, -0.2) is 6.61 Å². The first-order valence-electron chi connectivity index (χ1n) is 4.98. The quantitative estimate of drug-likeness (QED) is 0.733. The lowest BCUT2D eigenvalue weighted by Crippen LogP contribution is -2.16. The maximum Gasteiger partial charge on any atom is 0.125 e. The van der Waals surface area contributed by atoms with Gasteiger partial charge in [-0.1, -0.05) is 26.8 Å². The van der Waals surface area contributed by atoms with Gasteiger partial charge in [0.1, 0.15) is 5.75 Å². The first kappa shape index (κ1) is 10.9. The fraction of sp³-hybridized carbons (Fsp3) is 0.500. The molecule has 1 aromatic rings. The number of hydrogen-bond donors (Lipinski definition) is 1. The molecule has 0 aliphatic carbocycles. The third-order valence-corrected chi connectivity index (χ3v) is 2.11. The molecule has 0 unspecified atom stereocenters. The molecule has 0 saturated heterocycles. The van der Waals surface area contributed by atoms with E-state index in [0.29, 0.717) is 6.61 Å². The summed E-state index contributed by atoms with van der Waals surface area (Å²) in [6.07, 6.45) is 0. The second-order valence-corrected chi connectivity index (χ2v) is 4.40. The minimum atomic E-state index is 0.0237. The molecule has 0 bridgehead atoms. The van der Waals surface area contributed by atoms with Crippen LogP contribution in [0, 0.1) is 0 Å². The smallest absolute Gasteiger partial charge is 0.125 e. The Bertz CT molecular complexity index is 313. The first-order valence-corrected chi connectivity index (χ1v) is 4.98. The normalized spacial score (nSPS) is 11.4. The number of hydrogen-bond acceptors (Lipinski definition) is 2. The van der Waals surface area contributed by atoms with Gasteiger partial charge >= 0.3 is 0 Å². The van der Waals surface area contributed by atoms with Crippen molar-refractivity contribution in [3.05, 3.63) is 23.8 Å². The second-order valence-electron chi connectivity index (χ2n) is 4.40. The number of anilines is 1. The molecule has 78 valence electrons. The summed E-state index contributed by atoms with van der Waals surface area (Å²) in [6.45, 7) is 9.08. The molecule has 0 atom stereocenters. The lowest BCUT2D eigenvalue weighted by atomic mass is 9.85. The van der Waals surface area contributed by atoms with Crippen LogP contribution in [0.3, 0.4) is 0 Å². The molecule has 0 saturated carbocycles. The molecule has 2 N–H and O–H groups in total. The highest BCUT2D eigenvalue weighted by Crippen LogP contribution is 2.35. The molecule has 1 aromatic carbocycles. The molecule has 14 heavy (non-hydrogen) atoms. The average molecular weight is 193 g/mol. The number of nitrogen functional groups attached to an aromatic ring is 1. The molecule has 0 spiro atoms. The molecule has 1 rings (SSSR count). The van der Waals surface area contributed by atoms with Crippen LogP contribution in [0.2, 0.25) is 0 Å². The van der Waals surface area contributed by atoms with Crippen molar-refractivity contribution in [1.82, 2.24) is 0 Å². The highest BCUT2D eigenvalue weighted by Gasteiger charge is 2.21. The van der Waals surface area contributed by atoms with Gasteiger partial charge < -0.3 is 10.5 Å². The van der Waals surface area contributed by atoms with Gasteiger partial charge in [0.25, 0.3) is 0 Å². The Morgan fingerprint density at radius 3 is 2.43 bits per heavy atom. The monoisotopic (exact) mass is 193 g/mol. The Kier molecular flexibility index (Phi) is 3.04. The van der Waals surface area contributed by atoms with Crippen LogP contribution in [0.1, 0.15) is 33.3 Å².